The Bertz CT molecular complexity index is 737. The van der Waals surface area contributed by atoms with Gasteiger partial charge in [0.1, 0.15) is 5.15 Å². The van der Waals surface area contributed by atoms with Gasteiger partial charge in [-0.15, -0.1) is 0 Å². The summed E-state index contributed by atoms with van der Waals surface area (Å²) in [5.41, 5.74) is 10.0. The van der Waals surface area contributed by atoms with Crippen molar-refractivity contribution in [1.82, 2.24) is 9.88 Å². The van der Waals surface area contributed by atoms with E-state index in [0.29, 0.717) is 31.1 Å². The van der Waals surface area contributed by atoms with E-state index in [0.717, 1.165) is 24.1 Å². The van der Waals surface area contributed by atoms with Crippen molar-refractivity contribution in [2.75, 3.05) is 6.54 Å². The fourth-order valence-electron chi connectivity index (χ4n) is 3.43. The van der Waals surface area contributed by atoms with E-state index >= 15 is 0 Å². The second-order valence-electron chi connectivity index (χ2n) is 6.65. The molecule has 3 rings (SSSR count). The third kappa shape index (κ3) is 4.20. The van der Waals surface area contributed by atoms with Crippen LogP contribution in [-0.2, 0) is 24.2 Å². The van der Waals surface area contributed by atoms with E-state index in [-0.39, 0.29) is 11.9 Å². The average molecular weight is 358 g/mol. The predicted molar refractivity (Wildman–Crippen MR) is 100 cm³/mol. The molecule has 132 valence electrons. The van der Waals surface area contributed by atoms with Crippen LogP contribution in [0, 0.1) is 6.92 Å². The number of fused-ring (bicyclic) bond motifs is 1. The SMILES string of the molecule is Cc1ccc(CN(C(=O)CCCN)C2Cc3ccccc3C2)c(Cl)n1. The highest BCUT2D eigenvalue weighted by molar-refractivity contribution is 6.30. The highest BCUT2D eigenvalue weighted by Crippen LogP contribution is 2.28. The van der Waals surface area contributed by atoms with Crippen LogP contribution >= 0.6 is 11.6 Å². The quantitative estimate of drug-likeness (QED) is 0.807. The van der Waals surface area contributed by atoms with Crippen molar-refractivity contribution in [3.8, 4) is 0 Å². The fourth-order valence-corrected chi connectivity index (χ4v) is 3.69. The molecule has 2 aromatic rings. The second kappa shape index (κ2) is 7.98. The minimum atomic E-state index is 0.139. The molecule has 5 heteroatoms. The van der Waals surface area contributed by atoms with Gasteiger partial charge in [0.2, 0.25) is 5.91 Å². The summed E-state index contributed by atoms with van der Waals surface area (Å²) in [4.78, 5) is 19.1. The van der Waals surface area contributed by atoms with Crippen LogP contribution in [0.5, 0.6) is 0 Å². The first-order valence-electron chi connectivity index (χ1n) is 8.77. The van der Waals surface area contributed by atoms with Crippen LogP contribution in [0.25, 0.3) is 0 Å². The molecule has 1 aliphatic rings. The number of rotatable bonds is 6. The fraction of sp³-hybridized carbons (Fsp3) is 0.400. The molecule has 0 bridgehead atoms. The smallest absolute Gasteiger partial charge is 0.223 e. The minimum absolute atomic E-state index is 0.139. The Hall–Kier alpha value is -1.91. The van der Waals surface area contributed by atoms with Crippen molar-refractivity contribution in [1.29, 1.82) is 0 Å². The number of benzene rings is 1. The summed E-state index contributed by atoms with van der Waals surface area (Å²) < 4.78 is 0. The number of nitrogens with two attached hydrogens (primary N) is 1. The maximum absolute atomic E-state index is 12.8. The summed E-state index contributed by atoms with van der Waals surface area (Å²) in [6, 6.07) is 12.5. The van der Waals surface area contributed by atoms with Crippen molar-refractivity contribution in [3.05, 3.63) is 63.9 Å². The lowest BCUT2D eigenvalue weighted by Crippen LogP contribution is -2.40. The van der Waals surface area contributed by atoms with Crippen LogP contribution in [-0.4, -0.2) is 28.4 Å². The van der Waals surface area contributed by atoms with Crippen LogP contribution < -0.4 is 5.73 Å². The number of aryl methyl sites for hydroxylation is 1. The van der Waals surface area contributed by atoms with Gasteiger partial charge in [-0.3, -0.25) is 4.79 Å². The number of halogens is 1. The predicted octanol–water partition coefficient (Wildman–Crippen LogP) is 3.28. The molecule has 4 nitrogen and oxygen atoms in total. The zero-order chi connectivity index (χ0) is 17.8. The summed E-state index contributed by atoms with van der Waals surface area (Å²) >= 11 is 6.31. The van der Waals surface area contributed by atoms with Crippen LogP contribution in [0.3, 0.4) is 0 Å². The normalized spacial score (nSPS) is 13.7. The number of hydrogen-bond donors (Lipinski definition) is 1. The topological polar surface area (TPSA) is 59.2 Å². The van der Waals surface area contributed by atoms with E-state index in [1.54, 1.807) is 0 Å². The van der Waals surface area contributed by atoms with Crippen molar-refractivity contribution < 1.29 is 4.79 Å². The Morgan fingerprint density at radius 3 is 2.52 bits per heavy atom. The lowest BCUT2D eigenvalue weighted by molar-refractivity contribution is -0.134. The lowest BCUT2D eigenvalue weighted by atomic mass is 10.1. The molecule has 2 N–H and O–H groups in total. The minimum Gasteiger partial charge on any atom is -0.335 e. The van der Waals surface area contributed by atoms with Gasteiger partial charge in [-0.25, -0.2) is 4.98 Å². The Morgan fingerprint density at radius 1 is 1.24 bits per heavy atom. The maximum Gasteiger partial charge on any atom is 0.223 e. The third-order valence-corrected chi connectivity index (χ3v) is 5.12. The zero-order valence-corrected chi connectivity index (χ0v) is 15.3. The van der Waals surface area contributed by atoms with Crippen LogP contribution in [0.15, 0.2) is 36.4 Å². The van der Waals surface area contributed by atoms with Gasteiger partial charge in [-0.2, -0.15) is 0 Å². The molecule has 1 aromatic carbocycles. The summed E-state index contributed by atoms with van der Waals surface area (Å²) in [6.07, 6.45) is 2.96. The Kier molecular flexibility index (Phi) is 5.71. The number of pyridine rings is 1. The highest BCUT2D eigenvalue weighted by atomic mass is 35.5. The molecule has 1 heterocycles. The number of carbonyl (C=O) groups excluding carboxylic acids is 1. The van der Waals surface area contributed by atoms with E-state index in [2.05, 4.69) is 29.2 Å². The average Bonchev–Trinajstić information content (AvgIpc) is 3.02. The van der Waals surface area contributed by atoms with Crippen molar-refractivity contribution in [2.45, 2.75) is 45.2 Å². The monoisotopic (exact) mass is 357 g/mol. The van der Waals surface area contributed by atoms with Crippen LogP contribution in [0.1, 0.15) is 35.2 Å². The summed E-state index contributed by atoms with van der Waals surface area (Å²) in [7, 11) is 0. The standard InChI is InChI=1S/C20H24ClN3O/c1-14-8-9-17(20(21)23-14)13-24(19(25)7-4-10-22)18-11-15-5-2-3-6-16(15)12-18/h2-3,5-6,8-9,18H,4,7,10-13,22H2,1H3. The van der Waals surface area contributed by atoms with E-state index in [4.69, 9.17) is 17.3 Å². The molecule has 1 aromatic heterocycles. The summed E-state index contributed by atoms with van der Waals surface area (Å²) in [6.45, 7) is 2.93. The first kappa shape index (κ1) is 17.9. The number of amides is 1. The molecule has 1 aliphatic carbocycles. The van der Waals surface area contributed by atoms with Crippen LogP contribution in [0.4, 0.5) is 0 Å². The number of hydrogen-bond acceptors (Lipinski definition) is 3. The van der Waals surface area contributed by atoms with E-state index in [1.807, 2.05) is 24.0 Å². The van der Waals surface area contributed by atoms with Crippen LogP contribution in [0.2, 0.25) is 5.15 Å². The summed E-state index contributed by atoms with van der Waals surface area (Å²) in [5, 5.41) is 0.479. The summed E-state index contributed by atoms with van der Waals surface area (Å²) in [5.74, 6) is 0.139. The third-order valence-electron chi connectivity index (χ3n) is 4.79. The number of carbonyl (C=O) groups is 1. The number of nitrogens with zero attached hydrogens (tertiary/aromatic N) is 2. The van der Waals surface area contributed by atoms with Gasteiger partial charge in [0.05, 0.1) is 0 Å². The maximum atomic E-state index is 12.8. The lowest BCUT2D eigenvalue weighted by Gasteiger charge is -2.29. The zero-order valence-electron chi connectivity index (χ0n) is 14.5. The first-order chi connectivity index (χ1) is 12.1. The molecule has 25 heavy (non-hydrogen) atoms. The molecule has 0 saturated carbocycles. The molecule has 1 amide bonds. The van der Waals surface area contributed by atoms with Gasteiger partial charge in [0.25, 0.3) is 0 Å². The molecule has 0 aliphatic heterocycles. The van der Waals surface area contributed by atoms with Gasteiger partial charge in [-0.05, 0) is 49.9 Å². The molecule has 0 unspecified atom stereocenters. The first-order valence-corrected chi connectivity index (χ1v) is 9.14. The molecule has 0 saturated heterocycles. The Morgan fingerprint density at radius 2 is 1.92 bits per heavy atom. The second-order valence-corrected chi connectivity index (χ2v) is 7.01. The van der Waals surface area contributed by atoms with Gasteiger partial charge in [0, 0.05) is 30.3 Å². The molecule has 0 spiro atoms. The van der Waals surface area contributed by atoms with Crippen molar-refractivity contribution in [2.24, 2.45) is 5.73 Å². The Balaban J connectivity index is 1.82. The van der Waals surface area contributed by atoms with E-state index in [1.165, 1.54) is 11.1 Å². The highest BCUT2D eigenvalue weighted by Gasteiger charge is 2.30. The van der Waals surface area contributed by atoms with Gasteiger partial charge >= 0.3 is 0 Å². The molecular weight excluding hydrogens is 334 g/mol. The molecule has 0 radical (unpaired) electrons. The molecule has 0 atom stereocenters. The van der Waals surface area contributed by atoms with E-state index in [9.17, 15) is 4.79 Å². The largest absolute Gasteiger partial charge is 0.335 e. The van der Waals surface area contributed by atoms with Gasteiger partial charge in [-0.1, -0.05) is 41.9 Å². The molecular formula is C20H24ClN3O. The van der Waals surface area contributed by atoms with Gasteiger partial charge < -0.3 is 10.6 Å². The van der Waals surface area contributed by atoms with Crippen molar-refractivity contribution >= 4 is 17.5 Å². The van der Waals surface area contributed by atoms with E-state index < -0.39 is 0 Å². The van der Waals surface area contributed by atoms with Gasteiger partial charge in [0.15, 0.2) is 0 Å². The number of aromatic nitrogens is 1. The Labute approximate surface area is 154 Å². The molecule has 0 fully saturated rings. The van der Waals surface area contributed by atoms with Crippen molar-refractivity contribution in [3.63, 3.8) is 0 Å².